The number of carbonyl (C=O) groups excluding carboxylic acids is 3. The molecule has 1 aliphatic rings. The summed E-state index contributed by atoms with van der Waals surface area (Å²) in [7, 11) is 2.78. The molecule has 1 saturated heterocycles. The quantitative estimate of drug-likeness (QED) is 0.172. The Bertz CT molecular complexity index is 1590. The second kappa shape index (κ2) is 9.51. The number of carbonyl (C=O) groups is 3. The van der Waals surface area contributed by atoms with Crippen LogP contribution in [0.5, 0.6) is 5.75 Å². The van der Waals surface area contributed by atoms with Gasteiger partial charge in [-0.2, -0.15) is 0 Å². The molecule has 186 valence electrons. The number of aliphatic hydroxyl groups excluding tert-OH is 1. The third-order valence-corrected chi connectivity index (χ3v) is 7.19. The topological polar surface area (TPSA) is 106 Å². The highest BCUT2D eigenvalue weighted by Gasteiger charge is 2.48. The van der Waals surface area contributed by atoms with E-state index >= 15 is 0 Å². The van der Waals surface area contributed by atoms with Crippen molar-refractivity contribution in [1.82, 2.24) is 4.98 Å². The van der Waals surface area contributed by atoms with E-state index < -0.39 is 23.7 Å². The first-order valence-electron chi connectivity index (χ1n) is 11.3. The maximum atomic E-state index is 13.4. The molecular weight excluding hydrogens is 492 g/mol. The van der Waals surface area contributed by atoms with E-state index in [0.29, 0.717) is 33.1 Å². The summed E-state index contributed by atoms with van der Waals surface area (Å²) in [6.45, 7) is 1.96. The van der Waals surface area contributed by atoms with Crippen molar-refractivity contribution in [2.45, 2.75) is 13.0 Å². The van der Waals surface area contributed by atoms with Gasteiger partial charge in [-0.05, 0) is 54.4 Å². The van der Waals surface area contributed by atoms with E-state index in [9.17, 15) is 19.5 Å². The summed E-state index contributed by atoms with van der Waals surface area (Å²) in [5.41, 5.74) is 2.81. The number of Topliss-reactive ketones (excluding diaryl/α,β-unsaturated/α-hetero) is 1. The van der Waals surface area contributed by atoms with Gasteiger partial charge in [-0.1, -0.05) is 41.7 Å². The number of aliphatic hydroxyl groups is 1. The van der Waals surface area contributed by atoms with Crippen LogP contribution in [-0.4, -0.2) is 42.0 Å². The molecule has 0 bridgehead atoms. The number of hydrogen-bond donors (Lipinski definition) is 1. The van der Waals surface area contributed by atoms with Crippen molar-refractivity contribution in [1.29, 1.82) is 0 Å². The summed E-state index contributed by atoms with van der Waals surface area (Å²) < 4.78 is 10.9. The van der Waals surface area contributed by atoms with Crippen molar-refractivity contribution < 1.29 is 29.0 Å². The van der Waals surface area contributed by atoms with Gasteiger partial charge < -0.3 is 14.6 Å². The molecule has 9 heteroatoms. The number of thiazole rings is 1. The van der Waals surface area contributed by atoms with Gasteiger partial charge in [-0.15, -0.1) is 0 Å². The molecular formula is C28H22N2O6S. The summed E-state index contributed by atoms with van der Waals surface area (Å²) in [6, 6.07) is 17.7. The molecule has 0 aliphatic carbocycles. The molecule has 1 fully saturated rings. The van der Waals surface area contributed by atoms with Gasteiger partial charge in [0.05, 0.1) is 41.6 Å². The molecule has 4 aromatic rings. The van der Waals surface area contributed by atoms with Crippen molar-refractivity contribution in [2.75, 3.05) is 19.1 Å². The van der Waals surface area contributed by atoms with Gasteiger partial charge in [0.15, 0.2) is 5.13 Å². The lowest BCUT2D eigenvalue weighted by molar-refractivity contribution is -0.132. The van der Waals surface area contributed by atoms with Crippen LogP contribution in [0.4, 0.5) is 5.13 Å². The van der Waals surface area contributed by atoms with Crippen LogP contribution >= 0.6 is 11.3 Å². The molecule has 8 nitrogen and oxygen atoms in total. The third-order valence-electron chi connectivity index (χ3n) is 6.17. The number of hydrogen-bond acceptors (Lipinski definition) is 8. The Labute approximate surface area is 216 Å². The van der Waals surface area contributed by atoms with E-state index in [1.165, 1.54) is 30.5 Å². The highest BCUT2D eigenvalue weighted by molar-refractivity contribution is 7.22. The molecule has 1 amide bonds. The van der Waals surface area contributed by atoms with Crippen LogP contribution in [-0.2, 0) is 14.3 Å². The number of methoxy groups -OCH3 is 2. The fraction of sp³-hybridized carbons (Fsp3) is 0.143. The predicted octanol–water partition coefficient (Wildman–Crippen LogP) is 5.03. The molecule has 37 heavy (non-hydrogen) atoms. The lowest BCUT2D eigenvalue weighted by Gasteiger charge is -2.23. The van der Waals surface area contributed by atoms with Crippen LogP contribution in [0.2, 0.25) is 0 Å². The number of aromatic nitrogens is 1. The van der Waals surface area contributed by atoms with E-state index in [1.807, 2.05) is 25.1 Å². The van der Waals surface area contributed by atoms with Gasteiger partial charge in [0.2, 0.25) is 0 Å². The highest BCUT2D eigenvalue weighted by Crippen LogP contribution is 2.44. The molecule has 2 heterocycles. The molecule has 0 saturated carbocycles. The zero-order valence-electron chi connectivity index (χ0n) is 20.2. The SMILES string of the molecule is COC(=O)c1ccc(C2/C(=C(\O)c3cccc(OC)c3)C(=O)C(=O)N2c2nc3ccc(C)cc3s2)cc1. The van der Waals surface area contributed by atoms with Crippen molar-refractivity contribution in [3.05, 3.63) is 94.6 Å². The van der Waals surface area contributed by atoms with E-state index in [0.717, 1.165) is 10.3 Å². The van der Waals surface area contributed by atoms with Gasteiger partial charge in [-0.3, -0.25) is 14.5 Å². The average molecular weight is 515 g/mol. The van der Waals surface area contributed by atoms with Crippen LogP contribution < -0.4 is 9.64 Å². The minimum atomic E-state index is -0.973. The lowest BCUT2D eigenvalue weighted by Crippen LogP contribution is -2.29. The first-order valence-corrected chi connectivity index (χ1v) is 12.1. The van der Waals surface area contributed by atoms with Crippen LogP contribution in [0.25, 0.3) is 16.0 Å². The summed E-state index contributed by atoms with van der Waals surface area (Å²) in [5, 5.41) is 11.6. The average Bonchev–Trinajstić information content (AvgIpc) is 3.45. The minimum absolute atomic E-state index is 0.0838. The monoisotopic (exact) mass is 514 g/mol. The number of ether oxygens (including phenoxy) is 2. The Morgan fingerprint density at radius 1 is 1.00 bits per heavy atom. The maximum absolute atomic E-state index is 13.4. The lowest BCUT2D eigenvalue weighted by atomic mass is 9.94. The largest absolute Gasteiger partial charge is 0.507 e. The van der Waals surface area contributed by atoms with Gasteiger partial charge in [0, 0.05) is 5.56 Å². The first-order chi connectivity index (χ1) is 17.8. The van der Waals surface area contributed by atoms with Gasteiger partial charge in [0.1, 0.15) is 11.5 Å². The number of ketones is 1. The van der Waals surface area contributed by atoms with Crippen LogP contribution in [0.1, 0.15) is 33.1 Å². The summed E-state index contributed by atoms with van der Waals surface area (Å²) >= 11 is 1.28. The number of anilines is 1. The third kappa shape index (κ3) is 4.23. The Kier molecular flexibility index (Phi) is 6.22. The van der Waals surface area contributed by atoms with Crippen molar-refractivity contribution in [3.8, 4) is 5.75 Å². The minimum Gasteiger partial charge on any atom is -0.507 e. The van der Waals surface area contributed by atoms with Gasteiger partial charge >= 0.3 is 11.9 Å². The maximum Gasteiger partial charge on any atom is 0.337 e. The fourth-order valence-corrected chi connectivity index (χ4v) is 5.40. The van der Waals surface area contributed by atoms with E-state index in [2.05, 4.69) is 4.98 Å². The smallest absolute Gasteiger partial charge is 0.337 e. The molecule has 1 atom stereocenters. The fourth-order valence-electron chi connectivity index (χ4n) is 4.31. The molecule has 0 radical (unpaired) electrons. The number of amides is 1. The molecule has 1 unspecified atom stereocenters. The second-order valence-electron chi connectivity index (χ2n) is 8.48. The number of nitrogens with zero attached hydrogens (tertiary/aromatic N) is 2. The zero-order chi connectivity index (χ0) is 26.3. The van der Waals surface area contributed by atoms with E-state index in [4.69, 9.17) is 9.47 Å². The Balaban J connectivity index is 1.71. The van der Waals surface area contributed by atoms with Gasteiger partial charge in [-0.25, -0.2) is 9.78 Å². The van der Waals surface area contributed by atoms with Crippen LogP contribution in [0.15, 0.2) is 72.3 Å². The van der Waals surface area contributed by atoms with Crippen molar-refractivity contribution in [3.63, 3.8) is 0 Å². The van der Waals surface area contributed by atoms with Crippen LogP contribution in [0.3, 0.4) is 0 Å². The Morgan fingerprint density at radius 2 is 1.76 bits per heavy atom. The number of rotatable bonds is 5. The molecule has 5 rings (SSSR count). The Morgan fingerprint density at radius 3 is 2.46 bits per heavy atom. The molecule has 1 aromatic heterocycles. The van der Waals surface area contributed by atoms with Crippen molar-refractivity contribution in [2.24, 2.45) is 0 Å². The molecule has 0 spiro atoms. The molecule has 3 aromatic carbocycles. The highest BCUT2D eigenvalue weighted by atomic mass is 32.1. The van der Waals surface area contributed by atoms with Gasteiger partial charge in [0.25, 0.3) is 5.78 Å². The Hall–Kier alpha value is -4.50. The summed E-state index contributed by atoms with van der Waals surface area (Å²) in [4.78, 5) is 44.7. The number of benzene rings is 3. The normalized spacial score (nSPS) is 16.8. The zero-order valence-corrected chi connectivity index (χ0v) is 21.0. The first kappa shape index (κ1) is 24.2. The summed E-state index contributed by atoms with van der Waals surface area (Å²) in [5.74, 6) is -2.00. The van der Waals surface area contributed by atoms with E-state index in [1.54, 1.807) is 48.5 Å². The predicted molar refractivity (Wildman–Crippen MR) is 140 cm³/mol. The molecule has 1 aliphatic heterocycles. The molecule has 1 N–H and O–H groups in total. The van der Waals surface area contributed by atoms with Crippen LogP contribution in [0, 0.1) is 6.92 Å². The second-order valence-corrected chi connectivity index (χ2v) is 9.49. The number of fused-ring (bicyclic) bond motifs is 1. The van der Waals surface area contributed by atoms with Crippen molar-refractivity contribution >= 4 is 50.1 Å². The summed E-state index contributed by atoms with van der Waals surface area (Å²) in [6.07, 6.45) is 0. The number of esters is 1. The standard InChI is InChI=1S/C28H22N2O6S/c1-15-7-12-20-21(13-15)37-28(29-20)30-23(16-8-10-17(11-9-16)27(34)36-3)22(25(32)26(30)33)24(31)18-5-4-6-19(14-18)35-2/h4-14,23,31H,1-3H3/b24-22+. The van der Waals surface area contributed by atoms with E-state index in [-0.39, 0.29) is 11.3 Å². The number of aryl methyl sites for hydroxylation is 1.